The van der Waals surface area contributed by atoms with Crippen molar-refractivity contribution in [1.29, 1.82) is 0 Å². The lowest BCUT2D eigenvalue weighted by Gasteiger charge is -2.03. The average molecular weight is 417 g/mol. The van der Waals surface area contributed by atoms with Crippen LogP contribution in [-0.2, 0) is 4.79 Å². The fourth-order valence-electron chi connectivity index (χ4n) is 2.79. The van der Waals surface area contributed by atoms with Gasteiger partial charge in [0.2, 0.25) is 0 Å². The highest BCUT2D eigenvalue weighted by Gasteiger charge is 1.97. The Morgan fingerprint density at radius 3 is 1.14 bits per heavy atom. The summed E-state index contributed by atoms with van der Waals surface area (Å²) in [6.07, 6.45) is 23.9. The van der Waals surface area contributed by atoms with Gasteiger partial charge in [0.05, 0.1) is 0 Å². The van der Waals surface area contributed by atoms with E-state index in [2.05, 4.69) is 33.1 Å². The van der Waals surface area contributed by atoms with E-state index in [1.807, 2.05) is 0 Å². The molecule has 0 spiro atoms. The highest BCUT2D eigenvalue weighted by molar-refractivity contribution is 5.66. The summed E-state index contributed by atoms with van der Waals surface area (Å²) in [5.41, 5.74) is 2.52. The molecule has 0 bridgehead atoms. The van der Waals surface area contributed by atoms with Crippen LogP contribution in [0.2, 0.25) is 0 Å². The number of carbonyl (C=O) groups is 1. The van der Waals surface area contributed by atoms with Gasteiger partial charge in [0, 0.05) is 13.0 Å². The highest BCUT2D eigenvalue weighted by atomic mass is 16.4. The number of rotatable bonds is 19. The van der Waals surface area contributed by atoms with Crippen molar-refractivity contribution in [3.8, 4) is 0 Å². The first-order valence-corrected chi connectivity index (χ1v) is 12.8. The van der Waals surface area contributed by atoms with Gasteiger partial charge in [-0.05, 0) is 12.8 Å². The fraction of sp³-hybridized carbons (Fsp3) is 0.960. The molecule has 0 amide bonds. The van der Waals surface area contributed by atoms with Crippen molar-refractivity contribution in [2.45, 2.75) is 150 Å². The molecule has 4 nitrogen and oxygen atoms in total. The molecule has 0 aromatic carbocycles. The second-order valence-corrected chi connectivity index (χ2v) is 8.05. The monoisotopic (exact) mass is 416 g/mol. The van der Waals surface area contributed by atoms with Crippen LogP contribution in [0.1, 0.15) is 150 Å². The number of hydrazine groups is 1. The van der Waals surface area contributed by atoms with Gasteiger partial charge >= 0.3 is 5.97 Å². The Bertz CT molecular complexity index is 270. The van der Waals surface area contributed by atoms with Crippen LogP contribution in [0, 0.1) is 0 Å². The Morgan fingerprint density at radius 2 is 0.931 bits per heavy atom. The molecule has 0 aromatic heterocycles. The predicted molar refractivity (Wildman–Crippen MR) is 130 cm³/mol. The van der Waals surface area contributed by atoms with Gasteiger partial charge in [0.15, 0.2) is 0 Å². The van der Waals surface area contributed by atoms with Gasteiger partial charge < -0.3 is 5.11 Å². The zero-order chi connectivity index (χ0) is 22.4. The highest BCUT2D eigenvalue weighted by Crippen LogP contribution is 2.13. The summed E-state index contributed by atoms with van der Waals surface area (Å²) in [4.78, 5) is 10.3. The summed E-state index contributed by atoms with van der Waals surface area (Å²) in [6, 6.07) is 0. The van der Waals surface area contributed by atoms with Crippen LogP contribution in [-0.4, -0.2) is 17.6 Å². The standard InChI is InChI=1S/C18H36O2.C4H10.C3H10N2/c1-2-3-4-5-6-7-8-9-10-11-12-13-14-15-16-17-18(19)20;1-3-4-2;1-2-3-5-4/h2-17H2,1H3,(H,19,20);3-4H2,1-2H3;5H,2-4H2,1H3. The van der Waals surface area contributed by atoms with Crippen LogP contribution in [0.3, 0.4) is 0 Å². The third-order valence-electron chi connectivity index (χ3n) is 4.89. The molecule has 29 heavy (non-hydrogen) atoms. The lowest BCUT2D eigenvalue weighted by Crippen LogP contribution is -2.21. The Hall–Kier alpha value is -0.610. The van der Waals surface area contributed by atoms with Gasteiger partial charge in [0.25, 0.3) is 0 Å². The Balaban J connectivity index is -0.000000623. The number of carboxylic acids is 1. The zero-order valence-electron chi connectivity index (χ0n) is 20.6. The van der Waals surface area contributed by atoms with Crippen LogP contribution in [0.5, 0.6) is 0 Å². The number of nitrogens with two attached hydrogens (primary N) is 1. The third-order valence-corrected chi connectivity index (χ3v) is 4.89. The quantitative estimate of drug-likeness (QED) is 0.113. The lowest BCUT2D eigenvalue weighted by molar-refractivity contribution is -0.137. The van der Waals surface area contributed by atoms with E-state index in [0.29, 0.717) is 6.42 Å². The molecule has 4 N–H and O–H groups in total. The van der Waals surface area contributed by atoms with Gasteiger partial charge in [-0.15, -0.1) is 0 Å². The Morgan fingerprint density at radius 1 is 0.586 bits per heavy atom. The van der Waals surface area contributed by atoms with E-state index in [0.717, 1.165) is 25.8 Å². The van der Waals surface area contributed by atoms with E-state index < -0.39 is 5.97 Å². The van der Waals surface area contributed by atoms with Gasteiger partial charge in [-0.1, -0.05) is 130 Å². The van der Waals surface area contributed by atoms with Crippen molar-refractivity contribution < 1.29 is 9.90 Å². The van der Waals surface area contributed by atoms with Crippen LogP contribution in [0.4, 0.5) is 0 Å². The number of hydrogen-bond acceptors (Lipinski definition) is 3. The molecule has 0 saturated heterocycles. The maximum absolute atomic E-state index is 10.3. The second-order valence-electron chi connectivity index (χ2n) is 8.05. The summed E-state index contributed by atoms with van der Waals surface area (Å²) < 4.78 is 0. The molecule has 0 aliphatic carbocycles. The summed E-state index contributed by atoms with van der Waals surface area (Å²) in [5.74, 6) is 4.24. The smallest absolute Gasteiger partial charge is 0.303 e. The number of unbranched alkanes of at least 4 members (excludes halogenated alkanes) is 15. The minimum Gasteiger partial charge on any atom is -0.481 e. The Kier molecular flexibility index (Phi) is 39.7. The van der Waals surface area contributed by atoms with E-state index in [9.17, 15) is 4.79 Å². The molecule has 0 rings (SSSR count). The van der Waals surface area contributed by atoms with Crippen molar-refractivity contribution in [2.75, 3.05) is 6.54 Å². The van der Waals surface area contributed by atoms with Crippen molar-refractivity contribution in [3.05, 3.63) is 0 Å². The molecule has 0 fully saturated rings. The maximum atomic E-state index is 10.3. The molecular formula is C25H56N2O2. The second kappa shape index (κ2) is 34.9. The van der Waals surface area contributed by atoms with Crippen LogP contribution in [0.25, 0.3) is 0 Å². The molecular weight excluding hydrogens is 360 g/mol. The Labute approximate surface area is 183 Å². The van der Waals surface area contributed by atoms with Crippen molar-refractivity contribution in [1.82, 2.24) is 5.43 Å². The molecule has 0 unspecified atom stereocenters. The predicted octanol–water partition coefficient (Wildman–Crippen LogP) is 8.00. The van der Waals surface area contributed by atoms with Crippen molar-refractivity contribution >= 4 is 5.97 Å². The van der Waals surface area contributed by atoms with E-state index in [-0.39, 0.29) is 0 Å². The fourth-order valence-corrected chi connectivity index (χ4v) is 2.79. The van der Waals surface area contributed by atoms with Crippen LogP contribution in [0.15, 0.2) is 0 Å². The molecule has 0 radical (unpaired) electrons. The third kappa shape index (κ3) is 47.0. The summed E-state index contributed by atoms with van der Waals surface area (Å²) in [5, 5.41) is 8.52. The maximum Gasteiger partial charge on any atom is 0.303 e. The molecule has 0 heterocycles. The average Bonchev–Trinajstić information content (AvgIpc) is 2.72. The first kappa shape index (κ1) is 33.0. The first-order chi connectivity index (χ1) is 14.1. The largest absolute Gasteiger partial charge is 0.481 e. The molecule has 4 heteroatoms. The molecule has 0 aromatic rings. The van der Waals surface area contributed by atoms with Crippen LogP contribution < -0.4 is 11.3 Å². The number of aliphatic carboxylic acids is 1. The van der Waals surface area contributed by atoms with Crippen molar-refractivity contribution in [2.24, 2.45) is 5.84 Å². The number of nitrogens with one attached hydrogen (secondary N) is 1. The molecule has 178 valence electrons. The summed E-state index contributed by atoms with van der Waals surface area (Å²) >= 11 is 0. The molecule has 0 saturated carbocycles. The zero-order valence-corrected chi connectivity index (χ0v) is 20.6. The van der Waals surface area contributed by atoms with Gasteiger partial charge in [-0.25, -0.2) is 0 Å². The summed E-state index contributed by atoms with van der Waals surface area (Å²) in [7, 11) is 0. The van der Waals surface area contributed by atoms with Gasteiger partial charge in [-0.2, -0.15) is 0 Å². The van der Waals surface area contributed by atoms with E-state index in [4.69, 9.17) is 10.9 Å². The molecule has 0 aliphatic rings. The van der Waals surface area contributed by atoms with Gasteiger partial charge in [-0.3, -0.25) is 16.1 Å². The SMILES string of the molecule is CCCC.CCCCCCCCCCCCCCCCCC(=O)O.CCCNN. The van der Waals surface area contributed by atoms with E-state index in [1.165, 1.54) is 96.3 Å². The molecule has 0 atom stereocenters. The minimum absolute atomic E-state index is 0.345. The van der Waals surface area contributed by atoms with E-state index >= 15 is 0 Å². The summed E-state index contributed by atoms with van der Waals surface area (Å²) in [6.45, 7) is 9.62. The minimum atomic E-state index is -0.653. The van der Waals surface area contributed by atoms with E-state index in [1.54, 1.807) is 0 Å². The molecule has 0 aliphatic heterocycles. The first-order valence-electron chi connectivity index (χ1n) is 12.8. The topological polar surface area (TPSA) is 75.3 Å². The van der Waals surface area contributed by atoms with Crippen LogP contribution >= 0.6 is 0 Å². The normalized spacial score (nSPS) is 9.97. The number of hydrogen-bond donors (Lipinski definition) is 3. The van der Waals surface area contributed by atoms with Crippen molar-refractivity contribution in [3.63, 3.8) is 0 Å². The van der Waals surface area contributed by atoms with Gasteiger partial charge in [0.1, 0.15) is 0 Å². The lowest BCUT2D eigenvalue weighted by atomic mass is 10.0. The number of carboxylic acid groups (broad SMARTS) is 1.